The number of hydrogen-bond donors (Lipinski definition) is 0. The van der Waals surface area contributed by atoms with Gasteiger partial charge in [-0.2, -0.15) is 0 Å². The van der Waals surface area contributed by atoms with Gasteiger partial charge in [-0.15, -0.1) is 0 Å². The van der Waals surface area contributed by atoms with Gasteiger partial charge in [-0.3, -0.25) is 0 Å². The molecule has 0 aliphatic carbocycles. The molecule has 30 valence electrons. The standard InChI is InChI=1S/Ba.Cu.La.O2.2H/c;;;1-2;;. The molecule has 0 fully saturated rings. The van der Waals surface area contributed by atoms with Crippen LogP contribution in [-0.4, -0.2) is 48.9 Å². The largest absolute Gasteiger partial charge is 0 e. The second-order valence-electron chi connectivity index (χ2n) is 0. The summed E-state index contributed by atoms with van der Waals surface area (Å²) in [7, 11) is 0. The third kappa shape index (κ3) is 19.7. The maximum atomic E-state index is 7.00. The Kier molecular flexibility index (Phi) is 142. The van der Waals surface area contributed by atoms with Crippen molar-refractivity contribution in [2.45, 2.75) is 0 Å². The van der Waals surface area contributed by atoms with Gasteiger partial charge < -0.3 is 0 Å². The molecular weight excluding hydrogens is 372 g/mol. The summed E-state index contributed by atoms with van der Waals surface area (Å²) in [4.78, 5) is 14.0. The molecule has 5 heteroatoms. The minimum absolute atomic E-state index is 0. The Labute approximate surface area is 109 Å². The summed E-state index contributed by atoms with van der Waals surface area (Å²) >= 11 is 0. The summed E-state index contributed by atoms with van der Waals surface area (Å²) in [6.45, 7) is 0. The molecule has 0 aromatic carbocycles. The van der Waals surface area contributed by atoms with Crippen LogP contribution < -0.4 is 0 Å². The fraction of sp³-hybridized carbons (Fsp3) is 0. The maximum absolute atomic E-state index is 7.00. The average Bonchev–Trinajstić information content (AvgIpc) is 1.00. The summed E-state index contributed by atoms with van der Waals surface area (Å²) in [6, 6.07) is 0. The molecule has 0 saturated carbocycles. The molecule has 0 aliphatic heterocycles. The Morgan fingerprint density at radius 1 is 1.00 bits per heavy atom. The third-order valence-electron chi connectivity index (χ3n) is 0. The van der Waals surface area contributed by atoms with Crippen LogP contribution in [0.25, 0.3) is 0 Å². The monoisotopic (exact) mass is 374 g/mol. The zero-order chi connectivity index (χ0) is 2.00. The van der Waals surface area contributed by atoms with Crippen LogP contribution in [0, 0.1) is 45.5 Å². The van der Waals surface area contributed by atoms with Crippen molar-refractivity contribution in [2.24, 2.45) is 0 Å². The van der Waals surface area contributed by atoms with E-state index in [0.717, 1.165) is 0 Å². The molecule has 0 atom stereocenters. The normalized spacial score (nSPS) is 0.800. The Hall–Kier alpha value is 2.89. The van der Waals surface area contributed by atoms with Crippen molar-refractivity contribution in [3.05, 3.63) is 9.93 Å². The van der Waals surface area contributed by atoms with Gasteiger partial charge in [0.2, 0.25) is 0 Å². The van der Waals surface area contributed by atoms with Gasteiger partial charge in [0, 0.05) is 62.6 Å². The van der Waals surface area contributed by atoms with Crippen LogP contribution >= 0.6 is 0 Å². The summed E-state index contributed by atoms with van der Waals surface area (Å²) in [5.41, 5.74) is 0. The van der Waals surface area contributed by atoms with E-state index in [0.29, 0.717) is 0 Å². The van der Waals surface area contributed by atoms with Crippen LogP contribution in [0.2, 0.25) is 0 Å². The topological polar surface area (TPSA) is 34.1 Å². The van der Waals surface area contributed by atoms with Crippen LogP contribution in [0.1, 0.15) is 0 Å². The maximum Gasteiger partial charge on any atom is 0 e. The summed E-state index contributed by atoms with van der Waals surface area (Å²) < 4.78 is 0. The molecule has 0 bridgehead atoms. The predicted octanol–water partition coefficient (Wildman–Crippen LogP) is -0.852. The van der Waals surface area contributed by atoms with E-state index >= 15 is 0 Å². The second kappa shape index (κ2) is 28.6. The van der Waals surface area contributed by atoms with Crippen molar-refractivity contribution in [2.75, 3.05) is 0 Å². The van der Waals surface area contributed by atoms with Gasteiger partial charge in [-0.1, -0.05) is 0 Å². The van der Waals surface area contributed by atoms with Crippen LogP contribution in [-0.2, 0) is 17.1 Å². The predicted molar refractivity (Wildman–Crippen MR) is 15.3 cm³/mol. The fourth-order valence-corrected chi connectivity index (χ4v) is 0. The van der Waals surface area contributed by atoms with Crippen LogP contribution in [0.4, 0.5) is 0 Å². The molecule has 0 unspecified atom stereocenters. The quantitative estimate of drug-likeness (QED) is 0.518. The molecule has 0 spiro atoms. The molecule has 0 saturated heterocycles. The molecule has 0 aromatic rings. The van der Waals surface area contributed by atoms with E-state index < -0.39 is 0 Å². The van der Waals surface area contributed by atoms with Crippen LogP contribution in [0.5, 0.6) is 0 Å². The van der Waals surface area contributed by atoms with Gasteiger partial charge in [0.15, 0.2) is 0 Å². The van der Waals surface area contributed by atoms with Gasteiger partial charge in [0.1, 0.15) is 0 Å². The summed E-state index contributed by atoms with van der Waals surface area (Å²) in [6.07, 6.45) is 0. The van der Waals surface area contributed by atoms with Crippen molar-refractivity contribution in [1.82, 2.24) is 0 Å². The van der Waals surface area contributed by atoms with Crippen molar-refractivity contribution in [3.8, 4) is 0 Å². The molecule has 2 nitrogen and oxygen atoms in total. The first-order valence-corrected chi connectivity index (χ1v) is 0.167. The molecule has 0 aliphatic rings. The molecule has 5 heavy (non-hydrogen) atoms. The molecule has 2 radical (unpaired) electrons. The van der Waals surface area contributed by atoms with E-state index in [1.54, 1.807) is 0 Å². The Balaban J connectivity index is -0.00000000167. The first-order chi connectivity index (χ1) is 1.00. The van der Waals surface area contributed by atoms with E-state index in [1.807, 2.05) is 0 Å². The molecule has 0 heterocycles. The fourth-order valence-electron chi connectivity index (χ4n) is 0. The van der Waals surface area contributed by atoms with E-state index in [9.17, 15) is 0 Å². The van der Waals surface area contributed by atoms with Gasteiger partial charge in [-0.25, -0.2) is 0 Å². The minimum Gasteiger partial charge on any atom is 0 e. The van der Waals surface area contributed by atoms with Gasteiger partial charge in [0.25, 0.3) is 0 Å². The van der Waals surface area contributed by atoms with E-state index in [4.69, 9.17) is 9.93 Å². The smallest absolute Gasteiger partial charge is 0 e. The second-order valence-corrected chi connectivity index (χ2v) is 0. The van der Waals surface area contributed by atoms with Crippen LogP contribution in [0.3, 0.4) is 0 Å². The molecule has 0 aromatic heterocycles. The molecule has 0 N–H and O–H groups in total. The Bertz CT molecular complexity index is 9.61. The number of rotatable bonds is 0. The van der Waals surface area contributed by atoms with E-state index in [2.05, 4.69) is 0 Å². The van der Waals surface area contributed by atoms with Crippen LogP contribution in [0.15, 0.2) is 0 Å². The molecular formula is H2BaCuLaO2. The van der Waals surface area contributed by atoms with Crippen molar-refractivity contribution < 1.29 is 52.7 Å². The van der Waals surface area contributed by atoms with Gasteiger partial charge >= 0.3 is 48.9 Å². The number of hydrogen-bond acceptors (Lipinski definition) is 2. The zero-order valence-electron chi connectivity index (χ0n) is 1.70. The minimum atomic E-state index is 0. The van der Waals surface area contributed by atoms with E-state index in [1.165, 1.54) is 0 Å². The Morgan fingerprint density at radius 2 is 1.00 bits per heavy atom. The summed E-state index contributed by atoms with van der Waals surface area (Å²) in [5, 5.41) is 0. The van der Waals surface area contributed by atoms with Gasteiger partial charge in [0.05, 0.1) is 0 Å². The molecule has 0 amide bonds. The zero-order valence-corrected chi connectivity index (χ0v) is 6.26. The van der Waals surface area contributed by atoms with Crippen molar-refractivity contribution in [1.29, 1.82) is 0 Å². The molecule has 0 rings (SSSR count). The first kappa shape index (κ1) is 24.8. The SMILES string of the molecule is O=O.[BaH2].[Cu].[La]. The average molecular weight is 374 g/mol. The first-order valence-electron chi connectivity index (χ1n) is 0.167. The third-order valence-corrected chi connectivity index (χ3v) is 0. The van der Waals surface area contributed by atoms with Gasteiger partial charge in [-0.05, 0) is 0 Å². The van der Waals surface area contributed by atoms with Crippen molar-refractivity contribution in [3.63, 3.8) is 0 Å². The van der Waals surface area contributed by atoms with Crippen molar-refractivity contribution >= 4 is 48.9 Å². The Morgan fingerprint density at radius 3 is 1.00 bits per heavy atom. The van der Waals surface area contributed by atoms with E-state index in [-0.39, 0.29) is 102 Å². The summed E-state index contributed by atoms with van der Waals surface area (Å²) in [5.74, 6) is 0.